The third kappa shape index (κ3) is 3.02. The number of hydrogen-bond acceptors (Lipinski definition) is 3. The second-order valence-corrected chi connectivity index (χ2v) is 6.62. The maximum atomic E-state index is 13.0. The van der Waals surface area contributed by atoms with Gasteiger partial charge in [0.25, 0.3) is 11.8 Å². The predicted molar refractivity (Wildman–Crippen MR) is 95.8 cm³/mol. The van der Waals surface area contributed by atoms with E-state index in [9.17, 15) is 9.59 Å². The van der Waals surface area contributed by atoms with E-state index in [0.29, 0.717) is 17.8 Å². The van der Waals surface area contributed by atoms with Gasteiger partial charge in [-0.1, -0.05) is 18.2 Å². The third-order valence-corrected chi connectivity index (χ3v) is 4.97. The molecule has 2 aromatic rings. The van der Waals surface area contributed by atoms with E-state index in [1.165, 1.54) is 5.56 Å². The molecule has 4 rings (SSSR count). The van der Waals surface area contributed by atoms with Crippen molar-refractivity contribution in [1.29, 1.82) is 0 Å². The van der Waals surface area contributed by atoms with Crippen molar-refractivity contribution in [1.82, 2.24) is 9.88 Å². The average Bonchev–Trinajstić information content (AvgIpc) is 3.21. The number of anilines is 1. The van der Waals surface area contributed by atoms with E-state index < -0.39 is 0 Å². The van der Waals surface area contributed by atoms with Gasteiger partial charge < -0.3 is 9.80 Å². The van der Waals surface area contributed by atoms with E-state index in [1.54, 1.807) is 18.3 Å². The van der Waals surface area contributed by atoms with E-state index >= 15 is 0 Å². The number of fused-ring (bicyclic) bond motifs is 1. The van der Waals surface area contributed by atoms with Crippen molar-refractivity contribution in [3.63, 3.8) is 0 Å². The highest BCUT2D eigenvalue weighted by Crippen LogP contribution is 2.28. The van der Waals surface area contributed by atoms with E-state index in [-0.39, 0.29) is 11.8 Å². The number of para-hydroxylation sites is 1. The Morgan fingerprint density at radius 1 is 0.920 bits per heavy atom. The summed E-state index contributed by atoms with van der Waals surface area (Å²) in [4.78, 5) is 33.4. The number of nitrogens with zero attached hydrogens (tertiary/aromatic N) is 3. The van der Waals surface area contributed by atoms with Gasteiger partial charge in [-0.05, 0) is 49.4 Å². The predicted octanol–water partition coefficient (Wildman–Crippen LogP) is 2.91. The van der Waals surface area contributed by atoms with Crippen LogP contribution in [-0.4, -0.2) is 41.3 Å². The van der Waals surface area contributed by atoms with Crippen LogP contribution in [0, 0.1) is 0 Å². The Balaban J connectivity index is 1.61. The summed E-state index contributed by atoms with van der Waals surface area (Å²) in [5.74, 6) is -0.142. The molecule has 0 bridgehead atoms. The molecule has 2 amide bonds. The fourth-order valence-electron chi connectivity index (χ4n) is 3.66. The zero-order chi connectivity index (χ0) is 17.2. The van der Waals surface area contributed by atoms with Gasteiger partial charge in [-0.25, -0.2) is 0 Å². The number of amides is 2. The topological polar surface area (TPSA) is 53.5 Å². The lowest BCUT2D eigenvalue weighted by Crippen LogP contribution is -2.35. The molecule has 0 radical (unpaired) electrons. The first-order chi connectivity index (χ1) is 12.2. The number of likely N-dealkylation sites (tertiary alicyclic amines) is 1. The average molecular weight is 335 g/mol. The van der Waals surface area contributed by atoms with Gasteiger partial charge in [0.15, 0.2) is 0 Å². The highest BCUT2D eigenvalue weighted by molar-refractivity contribution is 6.07. The standard InChI is InChI=1S/C20H21N3O2/c24-19(23-13-5-7-15-6-1-2-8-18(15)23)16-9-10-21-17(14-16)20(25)22-11-3-4-12-22/h1-2,6,8-10,14H,3-5,7,11-13H2. The van der Waals surface area contributed by atoms with Crippen LogP contribution >= 0.6 is 0 Å². The highest BCUT2D eigenvalue weighted by atomic mass is 16.2. The first-order valence-electron chi connectivity index (χ1n) is 8.89. The maximum Gasteiger partial charge on any atom is 0.272 e. The quantitative estimate of drug-likeness (QED) is 0.848. The lowest BCUT2D eigenvalue weighted by atomic mass is 10.0. The molecule has 0 saturated carbocycles. The lowest BCUT2D eigenvalue weighted by Gasteiger charge is -2.29. The summed E-state index contributed by atoms with van der Waals surface area (Å²) in [6.07, 6.45) is 5.58. The summed E-state index contributed by atoms with van der Waals surface area (Å²) < 4.78 is 0. The maximum absolute atomic E-state index is 13.0. The van der Waals surface area contributed by atoms with Crippen LogP contribution in [0.2, 0.25) is 0 Å². The number of rotatable bonds is 2. The molecule has 25 heavy (non-hydrogen) atoms. The summed E-state index contributed by atoms with van der Waals surface area (Å²) in [5, 5.41) is 0. The van der Waals surface area contributed by atoms with Gasteiger partial charge in [-0.15, -0.1) is 0 Å². The summed E-state index contributed by atoms with van der Waals surface area (Å²) in [6, 6.07) is 11.4. The molecule has 5 nitrogen and oxygen atoms in total. The second-order valence-electron chi connectivity index (χ2n) is 6.62. The van der Waals surface area contributed by atoms with Crippen LogP contribution in [0.1, 0.15) is 45.7 Å². The van der Waals surface area contributed by atoms with Crippen LogP contribution in [0.25, 0.3) is 0 Å². The van der Waals surface area contributed by atoms with Crippen molar-refractivity contribution in [2.45, 2.75) is 25.7 Å². The Kier molecular flexibility index (Phi) is 4.22. The van der Waals surface area contributed by atoms with Crippen LogP contribution in [0.5, 0.6) is 0 Å². The summed E-state index contributed by atoms with van der Waals surface area (Å²) in [7, 11) is 0. The minimum atomic E-state index is -0.0776. The van der Waals surface area contributed by atoms with Gasteiger partial charge in [0.2, 0.25) is 0 Å². The van der Waals surface area contributed by atoms with E-state index in [2.05, 4.69) is 11.1 Å². The van der Waals surface area contributed by atoms with Crippen LogP contribution < -0.4 is 4.90 Å². The Labute approximate surface area is 147 Å². The zero-order valence-electron chi connectivity index (χ0n) is 14.1. The molecule has 2 aliphatic heterocycles. The molecule has 0 N–H and O–H groups in total. The Bertz CT molecular complexity index is 812. The van der Waals surface area contributed by atoms with Crippen molar-refractivity contribution in [2.24, 2.45) is 0 Å². The molecule has 0 aliphatic carbocycles. The SMILES string of the molecule is O=C(c1cc(C(=O)N2CCCc3ccccc32)ccn1)N1CCCC1. The van der Waals surface area contributed by atoms with Gasteiger partial charge in [-0.3, -0.25) is 14.6 Å². The number of aryl methyl sites for hydroxylation is 1. The molecule has 0 unspecified atom stereocenters. The van der Waals surface area contributed by atoms with Crippen LogP contribution in [0.3, 0.4) is 0 Å². The molecule has 3 heterocycles. The second kappa shape index (κ2) is 6.67. The number of pyridine rings is 1. The smallest absolute Gasteiger partial charge is 0.272 e. The molecule has 1 aromatic heterocycles. The number of aromatic nitrogens is 1. The van der Waals surface area contributed by atoms with Crippen LogP contribution in [0.4, 0.5) is 5.69 Å². The molecule has 0 spiro atoms. The van der Waals surface area contributed by atoms with Gasteiger partial charge >= 0.3 is 0 Å². The largest absolute Gasteiger partial charge is 0.337 e. The van der Waals surface area contributed by atoms with Crippen molar-refractivity contribution in [3.05, 3.63) is 59.4 Å². The Hall–Kier alpha value is -2.69. The fourth-order valence-corrected chi connectivity index (χ4v) is 3.66. The molecule has 5 heteroatoms. The summed E-state index contributed by atoms with van der Waals surface area (Å²) >= 11 is 0. The number of carbonyl (C=O) groups excluding carboxylic acids is 2. The molecule has 2 aliphatic rings. The van der Waals surface area contributed by atoms with Gasteiger partial charge in [-0.2, -0.15) is 0 Å². The molecule has 1 fully saturated rings. The first kappa shape index (κ1) is 15.8. The van der Waals surface area contributed by atoms with Crippen molar-refractivity contribution < 1.29 is 9.59 Å². The van der Waals surface area contributed by atoms with Gasteiger partial charge in [0, 0.05) is 37.1 Å². The van der Waals surface area contributed by atoms with Gasteiger partial charge in [0.1, 0.15) is 5.69 Å². The first-order valence-corrected chi connectivity index (χ1v) is 8.89. The fraction of sp³-hybridized carbons (Fsp3) is 0.350. The van der Waals surface area contributed by atoms with Crippen molar-refractivity contribution in [2.75, 3.05) is 24.5 Å². The van der Waals surface area contributed by atoms with Gasteiger partial charge in [0.05, 0.1) is 0 Å². The lowest BCUT2D eigenvalue weighted by molar-refractivity contribution is 0.0787. The van der Waals surface area contributed by atoms with E-state index in [4.69, 9.17) is 0 Å². The normalized spacial score (nSPS) is 16.6. The minimum Gasteiger partial charge on any atom is -0.337 e. The summed E-state index contributed by atoms with van der Waals surface area (Å²) in [5.41, 5.74) is 3.06. The molecule has 1 saturated heterocycles. The third-order valence-electron chi connectivity index (χ3n) is 4.97. The monoisotopic (exact) mass is 335 g/mol. The van der Waals surface area contributed by atoms with Crippen molar-refractivity contribution in [3.8, 4) is 0 Å². The highest BCUT2D eigenvalue weighted by Gasteiger charge is 2.25. The number of hydrogen-bond donors (Lipinski definition) is 0. The molecule has 128 valence electrons. The zero-order valence-corrected chi connectivity index (χ0v) is 14.1. The van der Waals surface area contributed by atoms with Crippen molar-refractivity contribution >= 4 is 17.5 Å². The number of carbonyl (C=O) groups is 2. The molecule has 0 atom stereocenters. The Morgan fingerprint density at radius 2 is 1.72 bits per heavy atom. The summed E-state index contributed by atoms with van der Waals surface area (Å²) in [6.45, 7) is 2.25. The molecular weight excluding hydrogens is 314 g/mol. The van der Waals surface area contributed by atoms with E-state index in [0.717, 1.165) is 44.5 Å². The number of benzene rings is 1. The minimum absolute atomic E-state index is 0.0648. The molecular formula is C20H21N3O2. The van der Waals surface area contributed by atoms with Crippen LogP contribution in [-0.2, 0) is 6.42 Å². The Morgan fingerprint density at radius 3 is 2.56 bits per heavy atom. The van der Waals surface area contributed by atoms with Crippen LogP contribution in [0.15, 0.2) is 42.6 Å². The molecule has 1 aromatic carbocycles. The van der Waals surface area contributed by atoms with E-state index in [1.807, 2.05) is 28.0 Å².